The van der Waals surface area contributed by atoms with Gasteiger partial charge in [0, 0.05) is 34.0 Å². The topological polar surface area (TPSA) is 92.3 Å². The van der Waals surface area contributed by atoms with Crippen molar-refractivity contribution in [1.29, 1.82) is 0 Å². The van der Waals surface area contributed by atoms with Crippen molar-refractivity contribution in [1.82, 2.24) is 4.98 Å². The van der Waals surface area contributed by atoms with Crippen LogP contribution in [0.25, 0.3) is 22.0 Å². The van der Waals surface area contributed by atoms with Crippen LogP contribution in [-0.2, 0) is 5.41 Å². The third kappa shape index (κ3) is 7.53. The summed E-state index contributed by atoms with van der Waals surface area (Å²) >= 11 is 6.59. The van der Waals surface area contributed by atoms with E-state index in [0.717, 1.165) is 23.4 Å². The van der Waals surface area contributed by atoms with E-state index in [1.54, 1.807) is 18.2 Å². The van der Waals surface area contributed by atoms with E-state index in [1.807, 2.05) is 110 Å². The first kappa shape index (κ1) is 38.4. The number of para-hydroxylation sites is 3. The number of carbonyl (C=O) groups excluding carboxylic acids is 2. The van der Waals surface area contributed by atoms with E-state index >= 15 is 0 Å². The second-order valence-electron chi connectivity index (χ2n) is 16.7. The van der Waals surface area contributed by atoms with E-state index < -0.39 is 5.91 Å². The largest absolute Gasteiger partial charge is 0.455 e. The van der Waals surface area contributed by atoms with Crippen molar-refractivity contribution in [3.63, 3.8) is 0 Å². The van der Waals surface area contributed by atoms with Crippen LogP contribution in [0, 0.1) is 12.3 Å². The van der Waals surface area contributed by atoms with Crippen molar-refractivity contribution in [2.24, 2.45) is 5.41 Å². The number of hydrogen-bond acceptors (Lipinski definition) is 6. The van der Waals surface area contributed by atoms with Gasteiger partial charge in [-0.3, -0.25) is 9.59 Å². The molecule has 8 rings (SSSR count). The highest BCUT2D eigenvalue weighted by molar-refractivity contribution is 6.35. The fourth-order valence-corrected chi connectivity index (χ4v) is 8.42. The number of pyridine rings is 1. The van der Waals surface area contributed by atoms with Gasteiger partial charge in [-0.2, -0.15) is 0 Å². The minimum Gasteiger partial charge on any atom is -0.455 e. The van der Waals surface area contributed by atoms with Crippen LogP contribution in [-0.4, -0.2) is 16.7 Å². The lowest BCUT2D eigenvalue weighted by molar-refractivity contribution is 0.102. The highest BCUT2D eigenvalue weighted by Gasteiger charge is 2.36. The van der Waals surface area contributed by atoms with Crippen molar-refractivity contribution >= 4 is 62.8 Å². The summed E-state index contributed by atoms with van der Waals surface area (Å²) in [7, 11) is 0. The molecule has 0 aliphatic heterocycles. The highest BCUT2D eigenvalue weighted by atomic mass is 35.5. The van der Waals surface area contributed by atoms with Crippen LogP contribution in [0.15, 0.2) is 133 Å². The van der Waals surface area contributed by atoms with E-state index in [-0.39, 0.29) is 22.2 Å². The maximum absolute atomic E-state index is 14.9. The molecule has 1 heterocycles. The maximum Gasteiger partial charge on any atom is 0.260 e. The molecule has 1 aliphatic carbocycles. The van der Waals surface area contributed by atoms with Gasteiger partial charge in [0.25, 0.3) is 5.91 Å². The molecule has 0 saturated heterocycles. The van der Waals surface area contributed by atoms with Crippen molar-refractivity contribution in [3.8, 4) is 22.6 Å². The van der Waals surface area contributed by atoms with Crippen molar-refractivity contribution in [2.75, 3.05) is 16.0 Å². The van der Waals surface area contributed by atoms with Gasteiger partial charge in [-0.25, -0.2) is 4.98 Å². The van der Waals surface area contributed by atoms with Crippen LogP contribution in [0.2, 0.25) is 5.02 Å². The smallest absolute Gasteiger partial charge is 0.260 e. The van der Waals surface area contributed by atoms with Crippen molar-refractivity contribution in [2.45, 2.75) is 53.4 Å². The SMILES string of the molecule is Cc1ccccc1Nc1nc2c(Oc3ccc(C(C)(C)CC(C)(C)C)cc3)cc(Nc3ccccc3)c3c2c(c1C(=O)Nc1ccccc1Cl)-c1ccccc1C3=O. The third-order valence-electron chi connectivity index (χ3n) is 10.5. The summed E-state index contributed by atoms with van der Waals surface area (Å²) in [5.74, 6) is 0.682. The Morgan fingerprint density at radius 1 is 0.707 bits per heavy atom. The van der Waals surface area contributed by atoms with Crippen LogP contribution in [0.1, 0.15) is 78.4 Å². The van der Waals surface area contributed by atoms with E-state index in [4.69, 9.17) is 21.3 Å². The van der Waals surface area contributed by atoms with Crippen LogP contribution in [0.3, 0.4) is 0 Å². The number of fused-ring (bicyclic) bond motifs is 2. The highest BCUT2D eigenvalue weighted by Crippen LogP contribution is 2.50. The van der Waals surface area contributed by atoms with Gasteiger partial charge in [0.05, 0.1) is 27.5 Å². The second kappa shape index (κ2) is 15.1. The fourth-order valence-electron chi connectivity index (χ4n) is 8.23. The maximum atomic E-state index is 14.9. The average Bonchev–Trinajstić information content (AvgIpc) is 3.19. The molecular weight excluding hydrogens is 740 g/mol. The number of rotatable bonds is 10. The Morgan fingerprint density at radius 2 is 1.34 bits per heavy atom. The lowest BCUT2D eigenvalue weighted by Crippen LogP contribution is -2.24. The summed E-state index contributed by atoms with van der Waals surface area (Å²) in [6.07, 6.45) is 1.01. The molecule has 7 aromatic rings. The predicted molar refractivity (Wildman–Crippen MR) is 238 cm³/mol. The normalized spacial score (nSPS) is 12.2. The van der Waals surface area contributed by atoms with Gasteiger partial charge in [0.2, 0.25) is 0 Å². The molecule has 58 heavy (non-hydrogen) atoms. The molecule has 1 aromatic heterocycles. The van der Waals surface area contributed by atoms with Crippen LogP contribution >= 0.6 is 11.6 Å². The number of anilines is 5. The molecule has 0 spiro atoms. The number of aryl methyl sites for hydroxylation is 1. The number of hydrogen-bond donors (Lipinski definition) is 3. The summed E-state index contributed by atoms with van der Waals surface area (Å²) in [5.41, 5.74) is 7.48. The summed E-state index contributed by atoms with van der Waals surface area (Å²) in [5, 5.41) is 11.0. The Balaban J connectivity index is 1.40. The van der Waals surface area contributed by atoms with Gasteiger partial charge in [0.15, 0.2) is 11.5 Å². The van der Waals surface area contributed by atoms with E-state index in [9.17, 15) is 9.59 Å². The van der Waals surface area contributed by atoms with Gasteiger partial charge in [-0.1, -0.05) is 131 Å². The van der Waals surface area contributed by atoms with Gasteiger partial charge >= 0.3 is 0 Å². The number of nitrogens with one attached hydrogen (secondary N) is 3. The van der Waals surface area contributed by atoms with Gasteiger partial charge < -0.3 is 20.7 Å². The minimum absolute atomic E-state index is 0.0593. The van der Waals surface area contributed by atoms with Gasteiger partial charge in [-0.05, 0) is 83.3 Å². The number of aromatic nitrogens is 1. The first-order valence-electron chi connectivity index (χ1n) is 19.5. The zero-order valence-electron chi connectivity index (χ0n) is 33.5. The Labute approximate surface area is 344 Å². The number of ether oxygens (including phenoxy) is 1. The van der Waals surface area contributed by atoms with Gasteiger partial charge in [0.1, 0.15) is 17.1 Å². The lowest BCUT2D eigenvalue weighted by Gasteiger charge is -2.33. The zero-order chi connectivity index (χ0) is 40.8. The molecule has 0 bridgehead atoms. The standard InChI is InChI=1S/C50H45ClN4O3/c1-30-16-10-14-22-37(30)53-47-44(48(57)54-38-23-15-13-21-36(38)51)41-34-19-11-12-20-35(34)46(56)42-39(52-32-17-8-7-9-18-32)28-40(45(55-47)43(41)42)58-33-26-24-31(25-27-33)50(5,6)29-49(2,3)4/h7-28,52H,29H2,1-6H3,(H,53,55)(H,54,57). The molecule has 1 amide bonds. The first-order valence-corrected chi connectivity index (χ1v) is 19.8. The molecule has 290 valence electrons. The Kier molecular flexibility index (Phi) is 10.0. The average molecular weight is 785 g/mol. The Bertz CT molecular complexity index is 2720. The molecule has 6 aromatic carbocycles. The number of ketones is 1. The molecule has 8 heteroatoms. The number of nitrogens with zero attached hydrogens (tertiary/aromatic N) is 1. The fraction of sp³-hybridized carbons (Fsp3) is 0.180. The Morgan fingerprint density at radius 3 is 2.03 bits per heavy atom. The minimum atomic E-state index is -0.443. The molecular formula is C50H45ClN4O3. The van der Waals surface area contributed by atoms with E-state index in [2.05, 4.69) is 62.7 Å². The van der Waals surface area contributed by atoms with Gasteiger partial charge in [-0.15, -0.1) is 0 Å². The van der Waals surface area contributed by atoms with Crippen LogP contribution < -0.4 is 20.7 Å². The molecule has 0 radical (unpaired) electrons. The van der Waals surface area contributed by atoms with Crippen LogP contribution in [0.5, 0.6) is 11.5 Å². The molecule has 1 aliphatic rings. The number of amides is 1. The predicted octanol–water partition coefficient (Wildman–Crippen LogP) is 13.7. The first-order chi connectivity index (χ1) is 27.8. The summed E-state index contributed by atoms with van der Waals surface area (Å²) in [4.78, 5) is 34.9. The second-order valence-corrected chi connectivity index (χ2v) is 17.1. The molecule has 0 unspecified atom stereocenters. The number of carbonyl (C=O) groups is 2. The van der Waals surface area contributed by atoms with Crippen molar-refractivity contribution in [3.05, 3.63) is 166 Å². The van der Waals surface area contributed by atoms with E-state index in [0.29, 0.717) is 66.9 Å². The summed E-state index contributed by atoms with van der Waals surface area (Å²) in [6, 6.07) is 42.0. The Hall–Kier alpha value is -6.44. The molecule has 0 atom stereocenters. The molecule has 3 N–H and O–H groups in total. The number of benzene rings is 6. The molecule has 0 fully saturated rings. The summed E-state index contributed by atoms with van der Waals surface area (Å²) in [6.45, 7) is 13.3. The molecule has 0 saturated carbocycles. The summed E-state index contributed by atoms with van der Waals surface area (Å²) < 4.78 is 6.82. The van der Waals surface area contributed by atoms with Crippen molar-refractivity contribution < 1.29 is 14.3 Å². The third-order valence-corrected chi connectivity index (χ3v) is 10.9. The van der Waals surface area contributed by atoms with Crippen LogP contribution in [0.4, 0.5) is 28.6 Å². The quantitative estimate of drug-likeness (QED) is 0.128. The number of halogens is 1. The lowest BCUT2D eigenvalue weighted by atomic mass is 9.72. The molecule has 7 nitrogen and oxygen atoms in total. The zero-order valence-corrected chi connectivity index (χ0v) is 34.2. The monoisotopic (exact) mass is 784 g/mol. The van der Waals surface area contributed by atoms with E-state index in [1.165, 1.54) is 5.56 Å².